The van der Waals surface area contributed by atoms with Gasteiger partial charge in [0.2, 0.25) is 5.00 Å². The monoisotopic (exact) mass is 290 g/mol. The first-order chi connectivity index (χ1) is 8.75. The summed E-state index contributed by atoms with van der Waals surface area (Å²) in [7, 11) is -4.62. The fraction of sp³-hybridized carbons (Fsp3) is 1.00. The van der Waals surface area contributed by atoms with Crippen molar-refractivity contribution in [1.29, 1.82) is 0 Å². The molecule has 0 amide bonds. The molecule has 4 aliphatic rings. The van der Waals surface area contributed by atoms with E-state index in [1.165, 1.54) is 26.2 Å². The van der Waals surface area contributed by atoms with Gasteiger partial charge in [0.1, 0.15) is 0 Å². The van der Waals surface area contributed by atoms with Gasteiger partial charge in [-0.15, -0.1) is 0 Å². The van der Waals surface area contributed by atoms with Gasteiger partial charge in [-0.2, -0.15) is 8.42 Å². The molecule has 5 heteroatoms. The van der Waals surface area contributed by atoms with Crippen LogP contribution in [0, 0.1) is 23.2 Å². The Hall–Kier alpha value is -0.160. The van der Waals surface area contributed by atoms with Crippen LogP contribution < -0.4 is 0 Å². The quantitative estimate of drug-likeness (QED) is 0.805. The maximum absolute atomic E-state index is 14.7. The van der Waals surface area contributed by atoms with Crippen molar-refractivity contribution in [2.75, 3.05) is 0 Å². The largest absolute Gasteiger partial charge is 0.300 e. The minimum Gasteiger partial charge on any atom is -0.283 e. The van der Waals surface area contributed by atoms with Crippen molar-refractivity contribution in [3.63, 3.8) is 0 Å². The molecule has 110 valence electrons. The van der Waals surface area contributed by atoms with Gasteiger partial charge < -0.3 is 0 Å². The van der Waals surface area contributed by atoms with Crippen LogP contribution in [0.4, 0.5) is 4.39 Å². The van der Waals surface area contributed by atoms with E-state index in [0.717, 1.165) is 19.3 Å². The van der Waals surface area contributed by atoms with Gasteiger partial charge in [0, 0.05) is 6.42 Å². The Balaban J connectivity index is 1.86. The van der Waals surface area contributed by atoms with Crippen LogP contribution in [0.25, 0.3) is 0 Å². The number of alkyl halides is 1. The second kappa shape index (κ2) is 4.17. The topological polar surface area (TPSA) is 54.4 Å². The summed E-state index contributed by atoms with van der Waals surface area (Å²) in [5.74, 6) is 1.98. The Labute approximate surface area is 114 Å². The van der Waals surface area contributed by atoms with Gasteiger partial charge in [-0.3, -0.25) is 4.55 Å². The Kier molecular flexibility index (Phi) is 3.03. The summed E-state index contributed by atoms with van der Waals surface area (Å²) in [6.45, 7) is 1.51. The van der Waals surface area contributed by atoms with Crippen molar-refractivity contribution in [3.8, 4) is 0 Å². The molecule has 0 aliphatic heterocycles. The van der Waals surface area contributed by atoms with Crippen molar-refractivity contribution in [3.05, 3.63) is 0 Å². The lowest BCUT2D eigenvalue weighted by Crippen LogP contribution is -2.50. The molecule has 3 nitrogen and oxygen atoms in total. The second-order valence-corrected chi connectivity index (χ2v) is 8.99. The van der Waals surface area contributed by atoms with Crippen LogP contribution in [-0.4, -0.2) is 18.0 Å². The summed E-state index contributed by atoms with van der Waals surface area (Å²) in [6, 6.07) is 0. The van der Waals surface area contributed by atoms with Gasteiger partial charge in [-0.25, -0.2) is 4.39 Å². The van der Waals surface area contributed by atoms with Gasteiger partial charge in [-0.05, 0) is 68.1 Å². The van der Waals surface area contributed by atoms with Crippen molar-refractivity contribution in [2.24, 2.45) is 23.2 Å². The number of rotatable bonds is 4. The first kappa shape index (κ1) is 13.8. The molecule has 0 spiro atoms. The van der Waals surface area contributed by atoms with Crippen molar-refractivity contribution in [2.45, 2.75) is 63.3 Å². The minimum atomic E-state index is -4.62. The summed E-state index contributed by atoms with van der Waals surface area (Å²) < 4.78 is 46.7. The predicted octanol–water partition coefficient (Wildman–Crippen LogP) is 3.56. The molecule has 4 rings (SSSR count). The zero-order chi connectivity index (χ0) is 13.9. The standard InChI is InChI=1S/C14H23FO3S/c1-2-14(15,19(16,17)18)9-13-6-10-3-11(7-13)5-12(4-10)8-13/h10-12H,2-9H2,1H3,(H,16,17,18). The van der Waals surface area contributed by atoms with E-state index in [9.17, 15) is 17.4 Å². The molecule has 4 aliphatic carbocycles. The van der Waals surface area contributed by atoms with E-state index in [1.54, 1.807) is 0 Å². The van der Waals surface area contributed by atoms with Crippen LogP contribution in [-0.2, 0) is 10.1 Å². The third-order valence-electron chi connectivity index (χ3n) is 5.79. The predicted molar refractivity (Wildman–Crippen MR) is 70.9 cm³/mol. The molecule has 19 heavy (non-hydrogen) atoms. The first-order valence-electron chi connectivity index (χ1n) is 7.41. The van der Waals surface area contributed by atoms with E-state index in [4.69, 9.17) is 0 Å². The number of hydrogen-bond acceptors (Lipinski definition) is 2. The summed E-state index contributed by atoms with van der Waals surface area (Å²) in [5.41, 5.74) is -0.171. The molecule has 1 atom stereocenters. The van der Waals surface area contributed by atoms with E-state index in [1.807, 2.05) is 0 Å². The van der Waals surface area contributed by atoms with Gasteiger partial charge in [0.15, 0.2) is 0 Å². The fourth-order valence-electron chi connectivity index (χ4n) is 5.47. The Morgan fingerprint density at radius 3 is 1.89 bits per heavy atom. The molecule has 0 heterocycles. The van der Waals surface area contributed by atoms with Crippen molar-refractivity contribution < 1.29 is 17.4 Å². The molecule has 0 aromatic carbocycles. The second-order valence-electron chi connectivity index (χ2n) is 7.31. The zero-order valence-electron chi connectivity index (χ0n) is 11.4. The molecular formula is C14H23FO3S. The van der Waals surface area contributed by atoms with Gasteiger partial charge in [0.25, 0.3) is 10.1 Å². The van der Waals surface area contributed by atoms with E-state index < -0.39 is 15.1 Å². The lowest BCUT2D eigenvalue weighted by atomic mass is 9.48. The van der Waals surface area contributed by atoms with E-state index in [2.05, 4.69) is 0 Å². The molecule has 4 bridgehead atoms. The van der Waals surface area contributed by atoms with Gasteiger partial charge >= 0.3 is 0 Å². The molecule has 4 fully saturated rings. The van der Waals surface area contributed by atoms with Crippen LogP contribution in [0.15, 0.2) is 0 Å². The van der Waals surface area contributed by atoms with Crippen LogP contribution in [0.1, 0.15) is 58.3 Å². The lowest BCUT2D eigenvalue weighted by Gasteiger charge is -2.57. The SMILES string of the molecule is CCC(F)(CC12CC3CC(CC(C3)C1)C2)S(=O)(=O)O. The fourth-order valence-corrected chi connectivity index (χ4v) is 6.32. The molecule has 0 aromatic rings. The third kappa shape index (κ3) is 2.23. The van der Waals surface area contributed by atoms with Crippen LogP contribution >= 0.6 is 0 Å². The maximum Gasteiger partial charge on any atom is 0.300 e. The molecule has 0 saturated heterocycles. The van der Waals surface area contributed by atoms with Crippen molar-refractivity contribution >= 4 is 10.1 Å². The van der Waals surface area contributed by atoms with E-state index in [0.29, 0.717) is 17.8 Å². The molecule has 1 N–H and O–H groups in total. The maximum atomic E-state index is 14.7. The van der Waals surface area contributed by atoms with Gasteiger partial charge in [-0.1, -0.05) is 6.92 Å². The molecule has 0 aromatic heterocycles. The van der Waals surface area contributed by atoms with Crippen molar-refractivity contribution in [1.82, 2.24) is 0 Å². The highest BCUT2D eigenvalue weighted by Gasteiger charge is 2.56. The van der Waals surface area contributed by atoms with Crippen LogP contribution in [0.3, 0.4) is 0 Å². The number of hydrogen-bond donors (Lipinski definition) is 1. The minimum absolute atomic E-state index is 0.00116. The smallest absolute Gasteiger partial charge is 0.283 e. The average molecular weight is 290 g/mol. The van der Waals surface area contributed by atoms with Crippen LogP contribution in [0.2, 0.25) is 0 Å². The zero-order valence-corrected chi connectivity index (χ0v) is 12.3. The highest BCUT2D eigenvalue weighted by atomic mass is 32.2. The summed E-state index contributed by atoms with van der Waals surface area (Å²) in [6.07, 6.45) is 6.45. The normalized spacial score (nSPS) is 44.3. The molecule has 0 radical (unpaired) electrons. The summed E-state index contributed by atoms with van der Waals surface area (Å²) in [5, 5.41) is -2.45. The third-order valence-corrected chi connectivity index (χ3v) is 7.15. The Bertz CT molecular complexity index is 438. The Morgan fingerprint density at radius 1 is 1.16 bits per heavy atom. The summed E-state index contributed by atoms with van der Waals surface area (Å²) >= 11 is 0. The average Bonchev–Trinajstić information content (AvgIpc) is 2.24. The number of halogens is 1. The molecule has 1 unspecified atom stereocenters. The van der Waals surface area contributed by atoms with E-state index in [-0.39, 0.29) is 18.3 Å². The molecular weight excluding hydrogens is 267 g/mol. The van der Waals surface area contributed by atoms with Gasteiger partial charge in [0.05, 0.1) is 0 Å². The van der Waals surface area contributed by atoms with Crippen LogP contribution in [0.5, 0.6) is 0 Å². The lowest BCUT2D eigenvalue weighted by molar-refractivity contribution is -0.0734. The first-order valence-corrected chi connectivity index (χ1v) is 8.85. The van der Waals surface area contributed by atoms with E-state index >= 15 is 0 Å². The highest BCUT2D eigenvalue weighted by molar-refractivity contribution is 7.87. The summed E-state index contributed by atoms with van der Waals surface area (Å²) in [4.78, 5) is 0. The Morgan fingerprint density at radius 2 is 1.58 bits per heavy atom. The molecule has 4 saturated carbocycles. The highest BCUT2D eigenvalue weighted by Crippen LogP contribution is 2.63.